The molecular formula is C23H24N2O4. The van der Waals surface area contributed by atoms with Crippen molar-refractivity contribution < 1.29 is 19.1 Å². The number of rotatable bonds is 6. The highest BCUT2D eigenvalue weighted by molar-refractivity contribution is 5.99. The number of ether oxygens (including phenoxy) is 1. The molecule has 0 aliphatic rings. The standard InChI is InChI=1S/C23H24N2O4/c1-23(2,3)22(28)25-17-10-8-15(9-11-17)20(26)14-29-21(27)12-16-13-24-19-7-5-4-6-18(16)19/h4-11,13,24H,12,14H2,1-3H3,(H,25,28). The lowest BCUT2D eigenvalue weighted by molar-refractivity contribution is -0.141. The van der Waals surface area contributed by atoms with Gasteiger partial charge >= 0.3 is 5.97 Å². The molecule has 0 bridgehead atoms. The summed E-state index contributed by atoms with van der Waals surface area (Å²) in [4.78, 5) is 39.5. The van der Waals surface area contributed by atoms with E-state index in [0.29, 0.717) is 11.3 Å². The third kappa shape index (κ3) is 5.10. The topological polar surface area (TPSA) is 88.3 Å². The van der Waals surface area contributed by atoms with Crippen LogP contribution in [0.15, 0.2) is 54.7 Å². The number of carbonyl (C=O) groups is 3. The second kappa shape index (κ2) is 8.31. The van der Waals surface area contributed by atoms with Crippen molar-refractivity contribution in [2.75, 3.05) is 11.9 Å². The van der Waals surface area contributed by atoms with E-state index in [1.165, 1.54) is 0 Å². The second-order valence-corrected chi connectivity index (χ2v) is 7.90. The van der Waals surface area contributed by atoms with Gasteiger partial charge in [0.1, 0.15) is 0 Å². The highest BCUT2D eigenvalue weighted by atomic mass is 16.5. The predicted octanol–water partition coefficient (Wildman–Crippen LogP) is 4.12. The number of benzene rings is 2. The van der Waals surface area contributed by atoms with Gasteiger partial charge in [0.25, 0.3) is 0 Å². The van der Waals surface area contributed by atoms with Crippen LogP contribution in [0.25, 0.3) is 10.9 Å². The molecule has 29 heavy (non-hydrogen) atoms. The molecule has 0 radical (unpaired) electrons. The van der Waals surface area contributed by atoms with Gasteiger partial charge in [0.15, 0.2) is 12.4 Å². The highest BCUT2D eigenvalue weighted by Gasteiger charge is 2.21. The third-order valence-corrected chi connectivity index (χ3v) is 4.52. The van der Waals surface area contributed by atoms with Gasteiger partial charge in [-0.15, -0.1) is 0 Å². The normalized spacial score (nSPS) is 11.3. The van der Waals surface area contributed by atoms with E-state index in [2.05, 4.69) is 10.3 Å². The summed E-state index contributed by atoms with van der Waals surface area (Å²) < 4.78 is 5.15. The van der Waals surface area contributed by atoms with Crippen LogP contribution in [-0.2, 0) is 20.7 Å². The molecule has 2 aromatic carbocycles. The zero-order valence-electron chi connectivity index (χ0n) is 16.7. The van der Waals surface area contributed by atoms with Crippen LogP contribution in [0.2, 0.25) is 0 Å². The van der Waals surface area contributed by atoms with Crippen LogP contribution < -0.4 is 5.32 Å². The van der Waals surface area contributed by atoms with E-state index in [1.54, 1.807) is 30.5 Å². The maximum absolute atomic E-state index is 12.3. The maximum atomic E-state index is 12.3. The number of nitrogens with one attached hydrogen (secondary N) is 2. The number of H-pyrrole nitrogens is 1. The molecule has 6 nitrogen and oxygen atoms in total. The fourth-order valence-electron chi connectivity index (χ4n) is 2.77. The summed E-state index contributed by atoms with van der Waals surface area (Å²) in [5, 5.41) is 3.76. The monoisotopic (exact) mass is 392 g/mol. The number of amides is 1. The molecule has 0 fully saturated rings. The minimum Gasteiger partial charge on any atom is -0.457 e. The smallest absolute Gasteiger partial charge is 0.310 e. The molecule has 2 N–H and O–H groups in total. The molecule has 0 unspecified atom stereocenters. The number of anilines is 1. The molecule has 0 aliphatic carbocycles. The van der Waals surface area contributed by atoms with Gasteiger partial charge < -0.3 is 15.0 Å². The molecule has 1 heterocycles. The first-order valence-electron chi connectivity index (χ1n) is 9.39. The number of esters is 1. The number of aromatic nitrogens is 1. The van der Waals surface area contributed by atoms with Gasteiger partial charge in [0.05, 0.1) is 6.42 Å². The van der Waals surface area contributed by atoms with E-state index in [9.17, 15) is 14.4 Å². The van der Waals surface area contributed by atoms with Gasteiger partial charge in [-0.1, -0.05) is 39.0 Å². The number of hydrogen-bond acceptors (Lipinski definition) is 4. The van der Waals surface area contributed by atoms with Gasteiger partial charge in [-0.3, -0.25) is 14.4 Å². The van der Waals surface area contributed by atoms with Gasteiger partial charge in [-0.05, 0) is 35.9 Å². The summed E-state index contributed by atoms with van der Waals surface area (Å²) in [5.74, 6) is -0.870. The van der Waals surface area contributed by atoms with Crippen LogP contribution in [0.5, 0.6) is 0 Å². The van der Waals surface area contributed by atoms with Crippen LogP contribution in [0.1, 0.15) is 36.7 Å². The number of hydrogen-bond donors (Lipinski definition) is 2. The Bertz CT molecular complexity index is 1040. The fraction of sp³-hybridized carbons (Fsp3) is 0.261. The van der Waals surface area contributed by atoms with Crippen molar-refractivity contribution in [3.05, 3.63) is 65.9 Å². The van der Waals surface area contributed by atoms with Crippen molar-refractivity contribution >= 4 is 34.3 Å². The van der Waals surface area contributed by atoms with Gasteiger partial charge in [0, 0.05) is 33.8 Å². The first-order valence-corrected chi connectivity index (χ1v) is 9.39. The zero-order valence-corrected chi connectivity index (χ0v) is 16.7. The number of carbonyl (C=O) groups excluding carboxylic acids is 3. The SMILES string of the molecule is CC(C)(C)C(=O)Nc1ccc(C(=O)COC(=O)Cc2c[nH]c3ccccc23)cc1. The number of para-hydroxylation sites is 1. The molecule has 0 atom stereocenters. The molecule has 6 heteroatoms. The first kappa shape index (κ1) is 20.3. The molecule has 3 rings (SSSR count). The summed E-state index contributed by atoms with van der Waals surface area (Å²) in [7, 11) is 0. The van der Waals surface area contributed by atoms with E-state index in [4.69, 9.17) is 4.74 Å². The minimum atomic E-state index is -0.506. The fourth-order valence-corrected chi connectivity index (χ4v) is 2.77. The van der Waals surface area contributed by atoms with Gasteiger partial charge in [-0.2, -0.15) is 0 Å². The van der Waals surface area contributed by atoms with E-state index in [0.717, 1.165) is 16.5 Å². The number of Topliss-reactive ketones (excluding diaryl/α,β-unsaturated/α-hetero) is 1. The molecule has 1 amide bonds. The third-order valence-electron chi connectivity index (χ3n) is 4.52. The zero-order chi connectivity index (χ0) is 21.0. The Balaban J connectivity index is 1.53. The van der Waals surface area contributed by atoms with Crippen LogP contribution in [0, 0.1) is 5.41 Å². The van der Waals surface area contributed by atoms with Gasteiger partial charge in [0.2, 0.25) is 5.91 Å². The average molecular weight is 392 g/mol. The minimum absolute atomic E-state index is 0.0923. The lowest BCUT2D eigenvalue weighted by atomic mass is 9.95. The second-order valence-electron chi connectivity index (χ2n) is 7.90. The lowest BCUT2D eigenvalue weighted by Crippen LogP contribution is -2.27. The summed E-state index contributed by atoms with van der Waals surface area (Å²) >= 11 is 0. The Hall–Kier alpha value is -3.41. The number of ketones is 1. The van der Waals surface area contributed by atoms with Crippen molar-refractivity contribution in [3.63, 3.8) is 0 Å². The van der Waals surface area contributed by atoms with E-state index >= 15 is 0 Å². The lowest BCUT2D eigenvalue weighted by Gasteiger charge is -2.17. The maximum Gasteiger partial charge on any atom is 0.310 e. The number of aromatic amines is 1. The van der Waals surface area contributed by atoms with Crippen molar-refractivity contribution in [1.82, 2.24) is 4.98 Å². The van der Waals surface area contributed by atoms with Crippen molar-refractivity contribution in [1.29, 1.82) is 0 Å². The Morgan fingerprint density at radius 1 is 1.00 bits per heavy atom. The van der Waals surface area contributed by atoms with Crippen LogP contribution in [0.3, 0.4) is 0 Å². The van der Waals surface area contributed by atoms with Crippen molar-refractivity contribution in [2.24, 2.45) is 5.41 Å². The Morgan fingerprint density at radius 2 is 1.69 bits per heavy atom. The quantitative estimate of drug-likeness (QED) is 0.488. The van der Waals surface area contributed by atoms with Crippen LogP contribution >= 0.6 is 0 Å². The molecule has 0 saturated heterocycles. The predicted molar refractivity (Wildman–Crippen MR) is 112 cm³/mol. The van der Waals surface area contributed by atoms with Gasteiger partial charge in [-0.25, -0.2) is 0 Å². The summed E-state index contributed by atoms with van der Waals surface area (Å²) in [6.07, 6.45) is 1.87. The van der Waals surface area contributed by atoms with E-state index < -0.39 is 11.4 Å². The molecule has 0 aliphatic heterocycles. The Morgan fingerprint density at radius 3 is 2.38 bits per heavy atom. The molecule has 0 spiro atoms. The average Bonchev–Trinajstić information content (AvgIpc) is 3.09. The Labute approximate surface area is 169 Å². The van der Waals surface area contributed by atoms with E-state index in [1.807, 2.05) is 45.0 Å². The van der Waals surface area contributed by atoms with Crippen LogP contribution in [0.4, 0.5) is 5.69 Å². The summed E-state index contributed by atoms with van der Waals surface area (Å²) in [5.41, 5.74) is 2.30. The Kier molecular flexibility index (Phi) is 5.82. The molecule has 1 aromatic heterocycles. The van der Waals surface area contributed by atoms with Crippen LogP contribution in [-0.4, -0.2) is 29.3 Å². The summed E-state index contributed by atoms with van der Waals surface area (Å²) in [6.45, 7) is 5.15. The number of fused-ring (bicyclic) bond motifs is 1. The molecular weight excluding hydrogens is 368 g/mol. The largest absolute Gasteiger partial charge is 0.457 e. The molecule has 3 aromatic rings. The van der Waals surface area contributed by atoms with Crippen molar-refractivity contribution in [2.45, 2.75) is 27.2 Å². The molecule has 0 saturated carbocycles. The van der Waals surface area contributed by atoms with Crippen molar-refractivity contribution in [3.8, 4) is 0 Å². The first-order chi connectivity index (χ1) is 13.7. The van der Waals surface area contributed by atoms with E-state index in [-0.39, 0.29) is 24.7 Å². The summed E-state index contributed by atoms with van der Waals surface area (Å²) in [6, 6.07) is 14.2. The molecule has 150 valence electrons. The highest BCUT2D eigenvalue weighted by Crippen LogP contribution is 2.19.